The Kier molecular flexibility index (Phi) is 5.24. The molecule has 0 saturated heterocycles. The highest BCUT2D eigenvalue weighted by molar-refractivity contribution is 5.37. The summed E-state index contributed by atoms with van der Waals surface area (Å²) in [6.07, 6.45) is 5.62. The second-order valence-electron chi connectivity index (χ2n) is 6.01. The Labute approximate surface area is 129 Å². The summed E-state index contributed by atoms with van der Waals surface area (Å²) in [6.45, 7) is 13.0. The topological polar surface area (TPSA) is 17.0 Å². The van der Waals surface area contributed by atoms with Crippen molar-refractivity contribution in [2.24, 2.45) is 0 Å². The molecule has 0 fully saturated rings. The number of aryl methyl sites for hydroxylation is 3. The number of benzene rings is 1. The van der Waals surface area contributed by atoms with E-state index in [0.29, 0.717) is 6.04 Å². The van der Waals surface area contributed by atoms with Gasteiger partial charge >= 0.3 is 0 Å². The molecule has 0 amide bonds. The zero-order valence-electron chi connectivity index (χ0n) is 14.0. The summed E-state index contributed by atoms with van der Waals surface area (Å²) in [4.78, 5) is 0. The van der Waals surface area contributed by atoms with E-state index in [0.717, 1.165) is 19.5 Å². The Balaban J connectivity index is 2.20. The molecule has 0 aliphatic heterocycles. The maximum Gasteiger partial charge on any atom is 0.0475 e. The fourth-order valence-corrected chi connectivity index (χ4v) is 3.15. The van der Waals surface area contributed by atoms with Gasteiger partial charge in [-0.3, -0.25) is 0 Å². The van der Waals surface area contributed by atoms with Crippen molar-refractivity contribution in [3.63, 3.8) is 0 Å². The lowest BCUT2D eigenvalue weighted by atomic mass is 10.00. The normalized spacial score (nSPS) is 12.6. The average molecular weight is 284 g/mol. The van der Waals surface area contributed by atoms with Crippen molar-refractivity contribution >= 4 is 0 Å². The van der Waals surface area contributed by atoms with E-state index < -0.39 is 0 Å². The maximum absolute atomic E-state index is 3.54. The van der Waals surface area contributed by atoms with Crippen molar-refractivity contribution in [1.82, 2.24) is 9.88 Å². The largest absolute Gasteiger partial charge is 0.350 e. The van der Waals surface area contributed by atoms with E-state index in [-0.39, 0.29) is 0 Å². The number of aromatic nitrogens is 1. The smallest absolute Gasteiger partial charge is 0.0475 e. The van der Waals surface area contributed by atoms with Crippen molar-refractivity contribution in [2.75, 3.05) is 6.54 Å². The van der Waals surface area contributed by atoms with Gasteiger partial charge in [0.05, 0.1) is 0 Å². The van der Waals surface area contributed by atoms with E-state index >= 15 is 0 Å². The monoisotopic (exact) mass is 284 g/mol. The molecule has 2 rings (SSSR count). The van der Waals surface area contributed by atoms with Gasteiger partial charge in [0.15, 0.2) is 0 Å². The Bertz CT molecular complexity index is 572. The van der Waals surface area contributed by atoms with Gasteiger partial charge in [-0.1, -0.05) is 31.5 Å². The van der Waals surface area contributed by atoms with E-state index in [4.69, 9.17) is 0 Å². The molecule has 0 saturated carbocycles. The van der Waals surface area contributed by atoms with Gasteiger partial charge in [0.2, 0.25) is 0 Å². The Morgan fingerprint density at radius 3 is 2.33 bits per heavy atom. The molecule has 0 radical (unpaired) electrons. The van der Waals surface area contributed by atoms with Crippen LogP contribution in [0.4, 0.5) is 0 Å². The zero-order chi connectivity index (χ0) is 15.4. The van der Waals surface area contributed by atoms with Gasteiger partial charge in [0.25, 0.3) is 0 Å². The van der Waals surface area contributed by atoms with E-state index in [1.807, 2.05) is 0 Å². The molecule has 1 unspecified atom stereocenters. The first kappa shape index (κ1) is 15.8. The second kappa shape index (κ2) is 6.95. The molecule has 1 aromatic heterocycles. The van der Waals surface area contributed by atoms with Gasteiger partial charge in [-0.05, 0) is 62.1 Å². The van der Waals surface area contributed by atoms with Crippen LogP contribution < -0.4 is 5.32 Å². The van der Waals surface area contributed by atoms with Crippen LogP contribution in [0, 0.1) is 20.8 Å². The second-order valence-corrected chi connectivity index (χ2v) is 6.01. The number of nitrogens with one attached hydrogen (secondary N) is 1. The molecule has 1 heterocycles. The first-order valence-corrected chi connectivity index (χ1v) is 8.00. The Morgan fingerprint density at radius 1 is 1.10 bits per heavy atom. The van der Waals surface area contributed by atoms with Crippen LogP contribution in [-0.2, 0) is 6.54 Å². The summed E-state index contributed by atoms with van der Waals surface area (Å²) in [5.41, 5.74) is 6.96. The highest BCUT2D eigenvalue weighted by atomic mass is 15.0. The summed E-state index contributed by atoms with van der Waals surface area (Å²) in [5.74, 6) is 0. The summed E-state index contributed by atoms with van der Waals surface area (Å²) >= 11 is 0. The molecule has 21 heavy (non-hydrogen) atoms. The fraction of sp³-hybridized carbons (Fsp3) is 0.474. The van der Waals surface area contributed by atoms with Crippen molar-refractivity contribution in [3.05, 3.63) is 58.4 Å². The van der Waals surface area contributed by atoms with Gasteiger partial charge in [-0.2, -0.15) is 0 Å². The van der Waals surface area contributed by atoms with Gasteiger partial charge < -0.3 is 9.88 Å². The van der Waals surface area contributed by atoms with Gasteiger partial charge in [0, 0.05) is 25.0 Å². The van der Waals surface area contributed by atoms with Gasteiger partial charge in [0.1, 0.15) is 0 Å². The maximum atomic E-state index is 3.54. The Hall–Kier alpha value is -1.54. The molecule has 114 valence electrons. The van der Waals surface area contributed by atoms with Crippen molar-refractivity contribution in [3.8, 4) is 0 Å². The molecule has 0 spiro atoms. The number of rotatable bonds is 6. The van der Waals surface area contributed by atoms with E-state index in [9.17, 15) is 0 Å². The lowest BCUT2D eigenvalue weighted by molar-refractivity contribution is 0.536. The summed E-state index contributed by atoms with van der Waals surface area (Å²) in [6, 6.07) is 7.27. The number of hydrogen-bond acceptors (Lipinski definition) is 1. The molecule has 0 aliphatic rings. The van der Waals surface area contributed by atoms with Crippen LogP contribution in [0.5, 0.6) is 0 Å². The first-order chi connectivity index (χ1) is 10.0. The van der Waals surface area contributed by atoms with Crippen molar-refractivity contribution < 1.29 is 0 Å². The SMILES string of the molecule is CCNC(CC)c1ccn(Cc2c(C)cc(C)cc2C)c1. The summed E-state index contributed by atoms with van der Waals surface area (Å²) in [5, 5.41) is 3.54. The molecular formula is C19H28N2. The highest BCUT2D eigenvalue weighted by Crippen LogP contribution is 2.20. The molecule has 1 atom stereocenters. The molecule has 2 heteroatoms. The summed E-state index contributed by atoms with van der Waals surface area (Å²) < 4.78 is 2.31. The molecular weight excluding hydrogens is 256 g/mol. The lowest BCUT2D eigenvalue weighted by Gasteiger charge is -2.15. The molecule has 2 nitrogen and oxygen atoms in total. The van der Waals surface area contributed by atoms with Crippen LogP contribution in [-0.4, -0.2) is 11.1 Å². The number of nitrogens with zero attached hydrogens (tertiary/aromatic N) is 1. The molecule has 1 aromatic carbocycles. The third kappa shape index (κ3) is 3.76. The van der Waals surface area contributed by atoms with Crippen LogP contribution in [0.25, 0.3) is 0 Å². The predicted molar refractivity (Wildman–Crippen MR) is 90.9 cm³/mol. The Morgan fingerprint density at radius 2 is 1.76 bits per heavy atom. The van der Waals surface area contributed by atoms with E-state index in [1.165, 1.54) is 27.8 Å². The minimum Gasteiger partial charge on any atom is -0.350 e. The third-order valence-electron chi connectivity index (χ3n) is 4.22. The zero-order valence-corrected chi connectivity index (χ0v) is 14.0. The summed E-state index contributed by atoms with van der Waals surface area (Å²) in [7, 11) is 0. The minimum absolute atomic E-state index is 0.469. The fourth-order valence-electron chi connectivity index (χ4n) is 3.15. The van der Waals surface area contributed by atoms with Crippen LogP contribution >= 0.6 is 0 Å². The quantitative estimate of drug-likeness (QED) is 0.825. The van der Waals surface area contributed by atoms with Gasteiger partial charge in [-0.25, -0.2) is 0 Å². The van der Waals surface area contributed by atoms with E-state index in [1.54, 1.807) is 0 Å². The third-order valence-corrected chi connectivity index (χ3v) is 4.22. The highest BCUT2D eigenvalue weighted by Gasteiger charge is 2.10. The predicted octanol–water partition coefficient (Wildman–Crippen LogP) is 4.52. The molecule has 0 bridgehead atoms. The standard InChI is InChI=1S/C19H28N2/c1-6-19(20-7-2)17-8-9-21(12-17)13-18-15(4)10-14(3)11-16(18)5/h8-12,19-20H,6-7,13H2,1-5H3. The number of hydrogen-bond donors (Lipinski definition) is 1. The molecule has 1 N–H and O–H groups in total. The van der Waals surface area contributed by atoms with Crippen molar-refractivity contribution in [1.29, 1.82) is 0 Å². The van der Waals surface area contributed by atoms with Gasteiger partial charge in [-0.15, -0.1) is 0 Å². The van der Waals surface area contributed by atoms with Crippen LogP contribution in [0.2, 0.25) is 0 Å². The van der Waals surface area contributed by atoms with Crippen LogP contribution in [0.15, 0.2) is 30.6 Å². The molecule has 0 aliphatic carbocycles. The van der Waals surface area contributed by atoms with E-state index in [2.05, 4.69) is 75.1 Å². The van der Waals surface area contributed by atoms with Crippen LogP contribution in [0.1, 0.15) is 54.1 Å². The van der Waals surface area contributed by atoms with Crippen molar-refractivity contribution in [2.45, 2.75) is 53.6 Å². The lowest BCUT2D eigenvalue weighted by Crippen LogP contribution is -2.19. The molecule has 2 aromatic rings. The first-order valence-electron chi connectivity index (χ1n) is 8.00. The van der Waals surface area contributed by atoms with Crippen LogP contribution in [0.3, 0.4) is 0 Å². The average Bonchev–Trinajstić information content (AvgIpc) is 2.88. The minimum atomic E-state index is 0.469.